The molecule has 0 unspecified atom stereocenters. The fraction of sp³-hybridized carbons (Fsp3) is 0.500. The van der Waals surface area contributed by atoms with Crippen molar-refractivity contribution in [2.24, 2.45) is 5.73 Å². The summed E-state index contributed by atoms with van der Waals surface area (Å²) in [6.45, 7) is 2.78. The molecule has 3 heteroatoms. The Morgan fingerprint density at radius 3 is 2.80 bits per heavy atom. The molecule has 0 aliphatic carbocycles. The van der Waals surface area contributed by atoms with Crippen LogP contribution in [-0.4, -0.2) is 18.3 Å². The topological polar surface area (TPSA) is 55.5 Å². The molecule has 0 saturated heterocycles. The molecule has 1 aromatic rings. The molecular formula is C12H19NO2. The number of hydrogen-bond acceptors (Lipinski definition) is 3. The second-order valence-corrected chi connectivity index (χ2v) is 3.44. The van der Waals surface area contributed by atoms with E-state index >= 15 is 0 Å². The lowest BCUT2D eigenvalue weighted by Crippen LogP contribution is -2.12. The molecule has 0 aromatic heterocycles. The van der Waals surface area contributed by atoms with Gasteiger partial charge in [-0.05, 0) is 25.8 Å². The Balaban J connectivity index is 2.72. The van der Waals surface area contributed by atoms with E-state index < -0.39 is 0 Å². The lowest BCUT2D eigenvalue weighted by molar-refractivity contribution is 0.278. The van der Waals surface area contributed by atoms with Crippen LogP contribution in [0.1, 0.15) is 31.4 Å². The molecule has 0 bridgehead atoms. The molecule has 0 amide bonds. The third-order valence-electron chi connectivity index (χ3n) is 2.29. The number of ether oxygens (including phenoxy) is 1. The highest BCUT2D eigenvalue weighted by Gasteiger charge is 2.10. The van der Waals surface area contributed by atoms with E-state index in [1.165, 1.54) is 0 Å². The van der Waals surface area contributed by atoms with Gasteiger partial charge in [0.2, 0.25) is 0 Å². The van der Waals surface area contributed by atoms with Crippen LogP contribution in [0.15, 0.2) is 24.3 Å². The van der Waals surface area contributed by atoms with Crippen LogP contribution in [0.4, 0.5) is 0 Å². The van der Waals surface area contributed by atoms with Crippen LogP contribution in [0.2, 0.25) is 0 Å². The standard InChI is InChI=1S/C12H19NO2/c1-2-15-12-8-4-3-6-10(12)11(13)7-5-9-14/h3-4,6,8,11,14H,2,5,7,9,13H2,1H3/t11-/m0/s1. The molecule has 0 aliphatic heterocycles. The van der Waals surface area contributed by atoms with Crippen molar-refractivity contribution in [2.45, 2.75) is 25.8 Å². The monoisotopic (exact) mass is 209 g/mol. The minimum atomic E-state index is -0.0556. The molecule has 0 spiro atoms. The summed E-state index contributed by atoms with van der Waals surface area (Å²) in [5.41, 5.74) is 7.04. The molecule has 0 saturated carbocycles. The Morgan fingerprint density at radius 2 is 2.13 bits per heavy atom. The van der Waals surface area contributed by atoms with E-state index in [0.717, 1.165) is 24.2 Å². The van der Waals surface area contributed by atoms with Gasteiger partial charge in [-0.2, -0.15) is 0 Å². The fourth-order valence-electron chi connectivity index (χ4n) is 1.54. The van der Waals surface area contributed by atoms with Gasteiger partial charge in [-0.15, -0.1) is 0 Å². The molecule has 0 radical (unpaired) electrons. The lowest BCUT2D eigenvalue weighted by Gasteiger charge is -2.15. The van der Waals surface area contributed by atoms with Gasteiger partial charge >= 0.3 is 0 Å². The Kier molecular flexibility index (Phi) is 5.15. The number of aliphatic hydroxyl groups is 1. The Bertz CT molecular complexity index is 289. The molecule has 15 heavy (non-hydrogen) atoms. The first-order chi connectivity index (χ1) is 7.29. The average Bonchev–Trinajstić information content (AvgIpc) is 2.27. The van der Waals surface area contributed by atoms with Crippen molar-refractivity contribution in [3.05, 3.63) is 29.8 Å². The summed E-state index contributed by atoms with van der Waals surface area (Å²) in [4.78, 5) is 0. The smallest absolute Gasteiger partial charge is 0.124 e. The van der Waals surface area contributed by atoms with Crippen LogP contribution in [-0.2, 0) is 0 Å². The van der Waals surface area contributed by atoms with Crippen LogP contribution in [0.5, 0.6) is 5.75 Å². The van der Waals surface area contributed by atoms with E-state index in [2.05, 4.69) is 0 Å². The third-order valence-corrected chi connectivity index (χ3v) is 2.29. The largest absolute Gasteiger partial charge is 0.494 e. The zero-order valence-electron chi connectivity index (χ0n) is 9.15. The summed E-state index contributed by atoms with van der Waals surface area (Å²) < 4.78 is 5.50. The normalized spacial score (nSPS) is 12.5. The van der Waals surface area contributed by atoms with Gasteiger partial charge in [-0.25, -0.2) is 0 Å². The van der Waals surface area contributed by atoms with Crippen molar-refractivity contribution in [1.82, 2.24) is 0 Å². The number of nitrogens with two attached hydrogens (primary N) is 1. The second-order valence-electron chi connectivity index (χ2n) is 3.44. The van der Waals surface area contributed by atoms with Crippen LogP contribution < -0.4 is 10.5 Å². The highest BCUT2D eigenvalue weighted by molar-refractivity contribution is 5.35. The number of hydrogen-bond donors (Lipinski definition) is 2. The van der Waals surface area contributed by atoms with Gasteiger partial charge in [0.05, 0.1) is 6.61 Å². The van der Waals surface area contributed by atoms with Gasteiger partial charge in [0.25, 0.3) is 0 Å². The number of rotatable bonds is 6. The van der Waals surface area contributed by atoms with Crippen LogP contribution in [0.25, 0.3) is 0 Å². The fourth-order valence-corrected chi connectivity index (χ4v) is 1.54. The first-order valence-electron chi connectivity index (χ1n) is 5.37. The molecule has 1 rings (SSSR count). The quantitative estimate of drug-likeness (QED) is 0.752. The maximum Gasteiger partial charge on any atom is 0.124 e. The Morgan fingerprint density at radius 1 is 1.40 bits per heavy atom. The molecule has 84 valence electrons. The highest BCUT2D eigenvalue weighted by atomic mass is 16.5. The lowest BCUT2D eigenvalue weighted by atomic mass is 10.0. The second kappa shape index (κ2) is 6.43. The minimum absolute atomic E-state index is 0.0556. The SMILES string of the molecule is CCOc1ccccc1[C@@H](N)CCCO. The van der Waals surface area contributed by atoms with Crippen LogP contribution in [0.3, 0.4) is 0 Å². The van der Waals surface area contributed by atoms with E-state index in [1.807, 2.05) is 31.2 Å². The van der Waals surface area contributed by atoms with Gasteiger partial charge in [-0.3, -0.25) is 0 Å². The molecule has 3 nitrogen and oxygen atoms in total. The molecule has 3 N–H and O–H groups in total. The first kappa shape index (κ1) is 12.0. The zero-order valence-corrected chi connectivity index (χ0v) is 9.15. The van der Waals surface area contributed by atoms with Gasteiger partial charge in [0, 0.05) is 18.2 Å². The maximum atomic E-state index is 8.75. The Labute approximate surface area is 90.9 Å². The Hall–Kier alpha value is -1.06. The molecule has 1 aromatic carbocycles. The highest BCUT2D eigenvalue weighted by Crippen LogP contribution is 2.26. The first-order valence-corrected chi connectivity index (χ1v) is 5.37. The van der Waals surface area contributed by atoms with Gasteiger partial charge in [0.1, 0.15) is 5.75 Å². The number of aliphatic hydroxyl groups excluding tert-OH is 1. The van der Waals surface area contributed by atoms with E-state index in [4.69, 9.17) is 15.6 Å². The molecule has 0 heterocycles. The number of benzene rings is 1. The van der Waals surface area contributed by atoms with Crippen LogP contribution >= 0.6 is 0 Å². The summed E-state index contributed by atoms with van der Waals surface area (Å²) in [6.07, 6.45) is 1.50. The minimum Gasteiger partial charge on any atom is -0.494 e. The van der Waals surface area contributed by atoms with Crippen molar-refractivity contribution in [3.8, 4) is 5.75 Å². The van der Waals surface area contributed by atoms with E-state index in [9.17, 15) is 0 Å². The summed E-state index contributed by atoms with van der Waals surface area (Å²) in [5, 5.41) is 8.75. The zero-order chi connectivity index (χ0) is 11.1. The van der Waals surface area contributed by atoms with Gasteiger partial charge < -0.3 is 15.6 Å². The van der Waals surface area contributed by atoms with Crippen molar-refractivity contribution in [1.29, 1.82) is 0 Å². The third kappa shape index (κ3) is 3.53. The van der Waals surface area contributed by atoms with Crippen molar-refractivity contribution in [2.75, 3.05) is 13.2 Å². The van der Waals surface area contributed by atoms with Crippen molar-refractivity contribution in [3.63, 3.8) is 0 Å². The predicted molar refractivity (Wildman–Crippen MR) is 60.9 cm³/mol. The molecular weight excluding hydrogens is 190 g/mol. The number of para-hydroxylation sites is 1. The summed E-state index contributed by atoms with van der Waals surface area (Å²) in [7, 11) is 0. The van der Waals surface area contributed by atoms with Gasteiger partial charge in [-0.1, -0.05) is 18.2 Å². The van der Waals surface area contributed by atoms with E-state index in [1.54, 1.807) is 0 Å². The summed E-state index contributed by atoms with van der Waals surface area (Å²) >= 11 is 0. The van der Waals surface area contributed by atoms with E-state index in [0.29, 0.717) is 6.61 Å². The molecule has 0 fully saturated rings. The van der Waals surface area contributed by atoms with Gasteiger partial charge in [0.15, 0.2) is 0 Å². The van der Waals surface area contributed by atoms with Crippen molar-refractivity contribution < 1.29 is 9.84 Å². The maximum absolute atomic E-state index is 8.75. The average molecular weight is 209 g/mol. The van der Waals surface area contributed by atoms with Crippen LogP contribution in [0, 0.1) is 0 Å². The molecule has 0 aliphatic rings. The molecule has 1 atom stereocenters. The summed E-state index contributed by atoms with van der Waals surface area (Å²) in [6, 6.07) is 7.74. The van der Waals surface area contributed by atoms with Crippen molar-refractivity contribution >= 4 is 0 Å². The summed E-state index contributed by atoms with van der Waals surface area (Å²) in [5.74, 6) is 0.852. The van der Waals surface area contributed by atoms with E-state index in [-0.39, 0.29) is 12.6 Å². The predicted octanol–water partition coefficient (Wildman–Crippen LogP) is 1.86.